The SMILES string of the molecule is Cn1c(=O)sc2cc(NC(=O)[C@H]3CCCN(S(=O)(=O)c4cccs4)C3)ccc21. The number of rotatable bonds is 4. The van der Waals surface area contributed by atoms with E-state index in [2.05, 4.69) is 5.32 Å². The molecule has 4 rings (SSSR count). The molecule has 1 aliphatic rings. The van der Waals surface area contributed by atoms with E-state index in [0.717, 1.165) is 21.6 Å². The summed E-state index contributed by atoms with van der Waals surface area (Å²) in [4.78, 5) is 24.5. The van der Waals surface area contributed by atoms with Crippen LogP contribution in [0.5, 0.6) is 0 Å². The first-order valence-electron chi connectivity index (χ1n) is 8.80. The first-order valence-corrected chi connectivity index (χ1v) is 11.9. The Bertz CT molecular complexity index is 1180. The first-order chi connectivity index (χ1) is 13.4. The number of nitrogens with zero attached hydrogens (tertiary/aromatic N) is 2. The number of aryl methyl sites for hydroxylation is 1. The molecule has 0 radical (unpaired) electrons. The fourth-order valence-corrected chi connectivity index (χ4v) is 6.96. The predicted octanol–water partition coefficient (Wildman–Crippen LogP) is 2.70. The zero-order chi connectivity index (χ0) is 19.9. The lowest BCUT2D eigenvalue weighted by atomic mass is 9.98. The van der Waals surface area contributed by atoms with Crippen LogP contribution in [0.3, 0.4) is 0 Å². The van der Waals surface area contributed by atoms with E-state index < -0.39 is 15.9 Å². The molecule has 2 aromatic heterocycles. The summed E-state index contributed by atoms with van der Waals surface area (Å²) in [5, 5.41) is 4.61. The molecule has 1 aromatic carbocycles. The minimum absolute atomic E-state index is 0.0554. The molecule has 148 valence electrons. The Morgan fingerprint density at radius 2 is 2.11 bits per heavy atom. The third-order valence-corrected chi connectivity index (χ3v) is 9.14. The molecule has 0 aliphatic carbocycles. The van der Waals surface area contributed by atoms with Gasteiger partial charge in [-0.25, -0.2) is 8.42 Å². The Balaban J connectivity index is 1.50. The second kappa shape index (κ2) is 7.43. The summed E-state index contributed by atoms with van der Waals surface area (Å²) in [7, 11) is -1.84. The number of fused-ring (bicyclic) bond motifs is 1. The van der Waals surface area contributed by atoms with Crippen molar-refractivity contribution in [2.45, 2.75) is 17.1 Å². The number of hydrogen-bond acceptors (Lipinski definition) is 6. The molecular weight excluding hydrogens is 418 g/mol. The second-order valence-corrected chi connectivity index (χ2v) is 10.8. The smallest absolute Gasteiger partial charge is 0.307 e. The van der Waals surface area contributed by atoms with Crippen molar-refractivity contribution in [3.8, 4) is 0 Å². The number of aromatic nitrogens is 1. The molecule has 1 aliphatic heterocycles. The number of carbonyl (C=O) groups excluding carboxylic acids is 1. The summed E-state index contributed by atoms with van der Waals surface area (Å²) in [5.41, 5.74) is 1.43. The van der Waals surface area contributed by atoms with E-state index in [1.54, 1.807) is 47.3 Å². The second-order valence-electron chi connectivity index (χ2n) is 6.73. The van der Waals surface area contributed by atoms with Crippen molar-refractivity contribution in [1.82, 2.24) is 8.87 Å². The monoisotopic (exact) mass is 437 g/mol. The van der Waals surface area contributed by atoms with Gasteiger partial charge in [-0.2, -0.15) is 4.31 Å². The number of nitrogens with one attached hydrogen (secondary N) is 1. The number of thiazole rings is 1. The third kappa shape index (κ3) is 3.52. The van der Waals surface area contributed by atoms with Crippen LogP contribution in [0.1, 0.15) is 12.8 Å². The van der Waals surface area contributed by atoms with Gasteiger partial charge in [0.25, 0.3) is 10.0 Å². The summed E-state index contributed by atoms with van der Waals surface area (Å²) in [5.74, 6) is -0.609. The Morgan fingerprint density at radius 3 is 2.86 bits per heavy atom. The first kappa shape index (κ1) is 19.3. The van der Waals surface area contributed by atoms with Crippen molar-refractivity contribution in [1.29, 1.82) is 0 Å². The van der Waals surface area contributed by atoms with E-state index in [0.29, 0.717) is 29.3 Å². The molecule has 3 aromatic rings. The number of sulfonamides is 1. The minimum Gasteiger partial charge on any atom is -0.326 e. The molecule has 1 saturated heterocycles. The van der Waals surface area contributed by atoms with Crippen LogP contribution in [0.4, 0.5) is 5.69 Å². The van der Waals surface area contributed by atoms with E-state index in [1.165, 1.54) is 15.6 Å². The van der Waals surface area contributed by atoms with Gasteiger partial charge in [-0.3, -0.25) is 9.59 Å². The van der Waals surface area contributed by atoms with Gasteiger partial charge in [0.15, 0.2) is 0 Å². The summed E-state index contributed by atoms with van der Waals surface area (Å²) in [6.45, 7) is 0.598. The van der Waals surface area contributed by atoms with Crippen LogP contribution in [0.15, 0.2) is 44.7 Å². The normalized spacial score (nSPS) is 18.4. The Labute approximate surface area is 170 Å². The fourth-order valence-electron chi connectivity index (χ4n) is 3.37. The number of anilines is 1. The molecule has 0 bridgehead atoms. The van der Waals surface area contributed by atoms with E-state index >= 15 is 0 Å². The van der Waals surface area contributed by atoms with Crippen molar-refractivity contribution in [2.24, 2.45) is 13.0 Å². The van der Waals surface area contributed by atoms with Crippen LogP contribution in [-0.2, 0) is 21.9 Å². The average Bonchev–Trinajstić information content (AvgIpc) is 3.31. The maximum absolute atomic E-state index is 12.7. The summed E-state index contributed by atoms with van der Waals surface area (Å²) in [6.07, 6.45) is 1.28. The lowest BCUT2D eigenvalue weighted by Gasteiger charge is -2.30. The van der Waals surface area contributed by atoms with Gasteiger partial charge in [0.2, 0.25) is 5.91 Å². The van der Waals surface area contributed by atoms with Crippen LogP contribution < -0.4 is 10.2 Å². The third-order valence-electron chi connectivity index (χ3n) is 4.90. The van der Waals surface area contributed by atoms with Gasteiger partial charge in [0.1, 0.15) is 4.21 Å². The molecule has 1 fully saturated rings. The van der Waals surface area contributed by atoms with Gasteiger partial charge in [0, 0.05) is 25.8 Å². The summed E-state index contributed by atoms with van der Waals surface area (Å²) in [6, 6.07) is 8.64. The number of hydrogen-bond donors (Lipinski definition) is 1. The zero-order valence-corrected chi connectivity index (χ0v) is 17.6. The fraction of sp³-hybridized carbons (Fsp3) is 0.333. The molecule has 28 heavy (non-hydrogen) atoms. The van der Waals surface area contributed by atoms with Gasteiger partial charge in [0.05, 0.1) is 16.1 Å². The van der Waals surface area contributed by atoms with Crippen LogP contribution in [-0.4, -0.2) is 36.3 Å². The van der Waals surface area contributed by atoms with E-state index in [-0.39, 0.29) is 17.3 Å². The maximum atomic E-state index is 12.7. The van der Waals surface area contributed by atoms with Gasteiger partial charge in [-0.15, -0.1) is 11.3 Å². The van der Waals surface area contributed by atoms with Gasteiger partial charge >= 0.3 is 4.87 Å². The molecular formula is C18H19N3O4S3. The predicted molar refractivity (Wildman–Crippen MR) is 111 cm³/mol. The number of carbonyl (C=O) groups is 1. The Morgan fingerprint density at radius 1 is 1.29 bits per heavy atom. The quantitative estimate of drug-likeness (QED) is 0.680. The van der Waals surface area contributed by atoms with E-state index in [9.17, 15) is 18.0 Å². The standard InChI is InChI=1S/C18H19N3O4S3/c1-20-14-7-6-13(10-15(14)27-18(20)23)19-17(22)12-4-2-8-21(11-12)28(24,25)16-5-3-9-26-16/h3,5-7,9-10,12H,2,4,8,11H2,1H3,(H,19,22)/t12-/m0/s1. The largest absolute Gasteiger partial charge is 0.326 e. The number of amides is 1. The van der Waals surface area contributed by atoms with Gasteiger partial charge in [-0.05, 0) is 42.5 Å². The van der Waals surface area contributed by atoms with Crippen LogP contribution in [0.2, 0.25) is 0 Å². The van der Waals surface area contributed by atoms with Crippen LogP contribution in [0, 0.1) is 5.92 Å². The highest BCUT2D eigenvalue weighted by Crippen LogP contribution is 2.27. The topological polar surface area (TPSA) is 88.5 Å². The van der Waals surface area contributed by atoms with E-state index in [4.69, 9.17) is 0 Å². The van der Waals surface area contributed by atoms with Gasteiger partial charge < -0.3 is 9.88 Å². The Kier molecular flexibility index (Phi) is 5.13. The number of thiophene rings is 1. The van der Waals surface area contributed by atoms with E-state index in [1.807, 2.05) is 0 Å². The lowest BCUT2D eigenvalue weighted by Crippen LogP contribution is -2.43. The van der Waals surface area contributed by atoms with Crippen molar-refractivity contribution in [3.05, 3.63) is 45.4 Å². The highest BCUT2D eigenvalue weighted by Gasteiger charge is 2.33. The lowest BCUT2D eigenvalue weighted by molar-refractivity contribution is -0.120. The maximum Gasteiger partial charge on any atom is 0.307 e. The van der Waals surface area contributed by atoms with Crippen LogP contribution >= 0.6 is 22.7 Å². The van der Waals surface area contributed by atoms with Crippen LogP contribution in [0.25, 0.3) is 10.2 Å². The highest BCUT2D eigenvalue weighted by atomic mass is 32.2. The van der Waals surface area contributed by atoms with Crippen molar-refractivity contribution < 1.29 is 13.2 Å². The molecule has 1 atom stereocenters. The molecule has 10 heteroatoms. The average molecular weight is 438 g/mol. The molecule has 1 amide bonds. The zero-order valence-electron chi connectivity index (χ0n) is 15.1. The number of piperidine rings is 1. The molecule has 0 spiro atoms. The minimum atomic E-state index is -3.55. The summed E-state index contributed by atoms with van der Waals surface area (Å²) >= 11 is 2.31. The van der Waals surface area contributed by atoms with Crippen molar-refractivity contribution in [3.63, 3.8) is 0 Å². The highest BCUT2D eigenvalue weighted by molar-refractivity contribution is 7.91. The molecule has 7 nitrogen and oxygen atoms in total. The molecule has 1 N–H and O–H groups in total. The number of benzene rings is 1. The van der Waals surface area contributed by atoms with Gasteiger partial charge in [-0.1, -0.05) is 17.4 Å². The van der Waals surface area contributed by atoms with Crippen molar-refractivity contribution in [2.75, 3.05) is 18.4 Å². The summed E-state index contributed by atoms with van der Waals surface area (Å²) < 4.78 is 29.5. The Hall–Kier alpha value is -2.01. The molecule has 0 unspecified atom stereocenters. The molecule has 3 heterocycles. The van der Waals surface area contributed by atoms with Crippen molar-refractivity contribution >= 4 is 54.5 Å². The molecule has 0 saturated carbocycles.